The van der Waals surface area contributed by atoms with Gasteiger partial charge in [0.1, 0.15) is 17.9 Å². The van der Waals surface area contributed by atoms with Crippen molar-refractivity contribution in [2.45, 2.75) is 18.6 Å². The van der Waals surface area contributed by atoms with Gasteiger partial charge in [0.15, 0.2) is 5.82 Å². The third-order valence-electron chi connectivity index (χ3n) is 3.01. The average molecular weight is 232 g/mol. The summed E-state index contributed by atoms with van der Waals surface area (Å²) in [5.41, 5.74) is 7.72. The van der Waals surface area contributed by atoms with Gasteiger partial charge >= 0.3 is 0 Å². The van der Waals surface area contributed by atoms with E-state index in [0.29, 0.717) is 23.5 Å². The zero-order valence-corrected chi connectivity index (χ0v) is 8.98. The van der Waals surface area contributed by atoms with E-state index < -0.39 is 12.2 Å². The van der Waals surface area contributed by atoms with Crippen LogP contribution in [0.25, 0.3) is 16.7 Å². The third-order valence-corrected chi connectivity index (χ3v) is 3.01. The Balaban J connectivity index is 2.16. The average Bonchev–Trinajstić information content (AvgIpc) is 2.86. The van der Waals surface area contributed by atoms with Crippen LogP contribution in [0.3, 0.4) is 0 Å². The molecule has 6 heteroatoms. The summed E-state index contributed by atoms with van der Waals surface area (Å²) < 4.78 is 1.73. The van der Waals surface area contributed by atoms with Crippen molar-refractivity contribution in [1.82, 2.24) is 14.5 Å². The molecule has 0 unspecified atom stereocenters. The number of nitrogens with two attached hydrogens (primary N) is 1. The van der Waals surface area contributed by atoms with E-state index in [4.69, 9.17) is 5.73 Å². The Labute approximate surface area is 97.0 Å². The predicted octanol–water partition coefficient (Wildman–Crippen LogP) is -0.0201. The van der Waals surface area contributed by atoms with Crippen LogP contribution < -0.4 is 5.73 Å². The fraction of sp³-hybridized carbons (Fsp3) is 0.273. The van der Waals surface area contributed by atoms with Crippen molar-refractivity contribution in [2.75, 3.05) is 5.73 Å². The maximum Gasteiger partial charge on any atom is 0.151 e. The van der Waals surface area contributed by atoms with Crippen molar-refractivity contribution in [3.05, 3.63) is 24.7 Å². The summed E-state index contributed by atoms with van der Waals surface area (Å²) >= 11 is 0. The molecule has 2 atom stereocenters. The Bertz CT molecular complexity index is 605. The number of rotatable bonds is 1. The highest BCUT2D eigenvalue weighted by atomic mass is 16.3. The number of aliphatic hydroxyl groups is 2. The topological polar surface area (TPSA) is 97.2 Å². The van der Waals surface area contributed by atoms with Gasteiger partial charge in [-0.05, 0) is 12.5 Å². The van der Waals surface area contributed by atoms with Crippen LogP contribution in [0.5, 0.6) is 0 Å². The van der Waals surface area contributed by atoms with Crippen molar-refractivity contribution < 1.29 is 10.2 Å². The normalized spacial score (nSPS) is 24.2. The number of nitrogens with zero attached hydrogens (tertiary/aromatic N) is 3. The summed E-state index contributed by atoms with van der Waals surface area (Å²) in [4.78, 5) is 8.12. The number of hydrogen-bond donors (Lipinski definition) is 3. The monoisotopic (exact) mass is 232 g/mol. The van der Waals surface area contributed by atoms with Crippen LogP contribution >= 0.6 is 0 Å². The Hall–Kier alpha value is -1.92. The SMILES string of the molecule is Nc1nccc2c1ncn2C1=CC[C@@H](O)[C@H]1O. The lowest BCUT2D eigenvalue weighted by molar-refractivity contribution is 0.0636. The van der Waals surface area contributed by atoms with E-state index in [0.717, 1.165) is 5.52 Å². The molecule has 0 saturated carbocycles. The van der Waals surface area contributed by atoms with E-state index in [1.165, 1.54) is 0 Å². The highest BCUT2D eigenvalue weighted by Crippen LogP contribution is 2.28. The molecule has 0 aliphatic heterocycles. The highest BCUT2D eigenvalue weighted by molar-refractivity contribution is 5.87. The Morgan fingerprint density at radius 2 is 2.18 bits per heavy atom. The molecule has 4 N–H and O–H groups in total. The van der Waals surface area contributed by atoms with Gasteiger partial charge in [0.05, 0.1) is 17.3 Å². The minimum absolute atomic E-state index is 0.356. The van der Waals surface area contributed by atoms with Gasteiger partial charge in [-0.3, -0.25) is 4.57 Å². The first-order valence-corrected chi connectivity index (χ1v) is 5.32. The van der Waals surface area contributed by atoms with Gasteiger partial charge in [-0.1, -0.05) is 6.08 Å². The number of imidazole rings is 1. The lowest BCUT2D eigenvalue weighted by Crippen LogP contribution is -2.23. The van der Waals surface area contributed by atoms with Crippen LogP contribution in [0.1, 0.15) is 6.42 Å². The molecule has 0 saturated heterocycles. The number of anilines is 1. The van der Waals surface area contributed by atoms with Gasteiger partial charge in [-0.25, -0.2) is 9.97 Å². The largest absolute Gasteiger partial charge is 0.390 e. The van der Waals surface area contributed by atoms with E-state index >= 15 is 0 Å². The lowest BCUT2D eigenvalue weighted by Gasteiger charge is -2.13. The first-order valence-electron chi connectivity index (χ1n) is 5.32. The van der Waals surface area contributed by atoms with E-state index in [-0.39, 0.29) is 0 Å². The second-order valence-electron chi connectivity index (χ2n) is 4.06. The number of pyridine rings is 1. The Morgan fingerprint density at radius 1 is 1.35 bits per heavy atom. The fourth-order valence-electron chi connectivity index (χ4n) is 2.10. The molecule has 0 radical (unpaired) electrons. The maximum atomic E-state index is 9.84. The zero-order chi connectivity index (χ0) is 12.0. The van der Waals surface area contributed by atoms with Gasteiger partial charge in [0.25, 0.3) is 0 Å². The summed E-state index contributed by atoms with van der Waals surface area (Å²) in [6, 6.07) is 1.77. The maximum absolute atomic E-state index is 9.84. The molecule has 2 heterocycles. The molecule has 17 heavy (non-hydrogen) atoms. The molecule has 1 aliphatic rings. The lowest BCUT2D eigenvalue weighted by atomic mass is 10.2. The standard InChI is InChI=1S/C11H12N4O2/c12-11-9-6(3-4-13-11)15(5-14-9)7-1-2-8(16)10(7)17/h1,3-5,8,10,16-17H,2H2,(H2,12,13)/t8-,10+/m1/s1. The zero-order valence-electron chi connectivity index (χ0n) is 8.98. The van der Waals surface area contributed by atoms with Crippen LogP contribution in [-0.2, 0) is 0 Å². The summed E-state index contributed by atoms with van der Waals surface area (Å²) in [6.07, 6.45) is 3.77. The van der Waals surface area contributed by atoms with E-state index in [1.54, 1.807) is 29.2 Å². The molecule has 6 nitrogen and oxygen atoms in total. The summed E-state index contributed by atoms with van der Waals surface area (Å²) in [5.74, 6) is 0.356. The minimum atomic E-state index is -0.887. The number of hydrogen-bond acceptors (Lipinski definition) is 5. The van der Waals surface area contributed by atoms with Crippen LogP contribution in [0.4, 0.5) is 5.82 Å². The van der Waals surface area contributed by atoms with E-state index in [2.05, 4.69) is 9.97 Å². The first kappa shape index (κ1) is 10.2. The van der Waals surface area contributed by atoms with Crippen LogP contribution in [0.2, 0.25) is 0 Å². The van der Waals surface area contributed by atoms with Crippen LogP contribution in [0, 0.1) is 0 Å². The summed E-state index contributed by atoms with van der Waals surface area (Å²) in [5, 5.41) is 19.4. The van der Waals surface area contributed by atoms with E-state index in [1.807, 2.05) is 0 Å². The number of aliphatic hydroxyl groups excluding tert-OH is 2. The molecule has 0 amide bonds. The van der Waals surface area contributed by atoms with Crippen LogP contribution in [-0.4, -0.2) is 37.0 Å². The summed E-state index contributed by atoms with van der Waals surface area (Å²) in [6.45, 7) is 0. The van der Waals surface area contributed by atoms with Crippen LogP contribution in [0.15, 0.2) is 24.7 Å². The molecular weight excluding hydrogens is 220 g/mol. The predicted molar refractivity (Wildman–Crippen MR) is 62.8 cm³/mol. The van der Waals surface area contributed by atoms with E-state index in [9.17, 15) is 10.2 Å². The second-order valence-corrected chi connectivity index (χ2v) is 4.06. The van der Waals surface area contributed by atoms with Crippen molar-refractivity contribution in [3.63, 3.8) is 0 Å². The van der Waals surface area contributed by atoms with Crippen molar-refractivity contribution in [1.29, 1.82) is 0 Å². The molecule has 1 aliphatic carbocycles. The molecule has 3 rings (SSSR count). The Kier molecular flexibility index (Phi) is 2.13. The molecule has 0 aromatic carbocycles. The fourth-order valence-corrected chi connectivity index (χ4v) is 2.10. The summed E-state index contributed by atoms with van der Waals surface area (Å²) in [7, 11) is 0. The first-order chi connectivity index (χ1) is 8.18. The van der Waals surface area contributed by atoms with Gasteiger partial charge in [0, 0.05) is 6.20 Å². The minimum Gasteiger partial charge on any atom is -0.390 e. The van der Waals surface area contributed by atoms with Crippen molar-refractivity contribution >= 4 is 22.5 Å². The van der Waals surface area contributed by atoms with Gasteiger partial charge in [0.2, 0.25) is 0 Å². The molecule has 88 valence electrons. The number of aromatic nitrogens is 3. The number of fused-ring (bicyclic) bond motifs is 1. The van der Waals surface area contributed by atoms with Crippen molar-refractivity contribution in [3.8, 4) is 0 Å². The third kappa shape index (κ3) is 1.42. The quantitative estimate of drug-likeness (QED) is 0.642. The molecule has 2 aromatic rings. The molecule has 2 aromatic heterocycles. The van der Waals surface area contributed by atoms with Crippen molar-refractivity contribution in [2.24, 2.45) is 0 Å². The molecule has 0 spiro atoms. The van der Waals surface area contributed by atoms with Gasteiger partial charge in [-0.15, -0.1) is 0 Å². The van der Waals surface area contributed by atoms with Gasteiger partial charge in [-0.2, -0.15) is 0 Å². The Morgan fingerprint density at radius 3 is 2.88 bits per heavy atom. The molecule has 0 bridgehead atoms. The molecular formula is C11H12N4O2. The van der Waals surface area contributed by atoms with Gasteiger partial charge < -0.3 is 15.9 Å². The highest BCUT2D eigenvalue weighted by Gasteiger charge is 2.28. The molecule has 0 fully saturated rings. The smallest absolute Gasteiger partial charge is 0.151 e. The number of nitrogen functional groups attached to an aromatic ring is 1. The second kappa shape index (κ2) is 3.54.